The molecule has 0 fully saturated rings. The van der Waals surface area contributed by atoms with Crippen LogP contribution in [0.15, 0.2) is 22.3 Å². The first-order valence-corrected chi connectivity index (χ1v) is 4.94. The zero-order valence-electron chi connectivity index (χ0n) is 6.84. The topological polar surface area (TPSA) is 22.0 Å². The third kappa shape index (κ3) is 1.99. The summed E-state index contributed by atoms with van der Waals surface area (Å²) in [6.45, 7) is 6.18. The van der Waals surface area contributed by atoms with Gasteiger partial charge in [0.1, 0.15) is 0 Å². The van der Waals surface area contributed by atoms with E-state index in [-0.39, 0.29) is 4.87 Å². The lowest BCUT2D eigenvalue weighted by Crippen LogP contribution is -2.15. The van der Waals surface area contributed by atoms with Gasteiger partial charge in [-0.25, -0.2) is 0 Å². The molecule has 0 amide bonds. The van der Waals surface area contributed by atoms with Crippen molar-refractivity contribution in [3.63, 3.8) is 0 Å². The van der Waals surface area contributed by atoms with Crippen LogP contribution in [-0.4, -0.2) is 10.4 Å². The molecule has 0 aromatic carbocycles. The zero-order valence-corrected chi connectivity index (χ0v) is 8.41. The van der Waals surface area contributed by atoms with Crippen molar-refractivity contribution in [2.24, 2.45) is 0 Å². The van der Waals surface area contributed by atoms with Crippen molar-refractivity contribution >= 4 is 22.9 Å². The summed E-state index contributed by atoms with van der Waals surface area (Å²) in [7, 11) is 0. The van der Waals surface area contributed by atoms with Crippen molar-refractivity contribution in [1.82, 2.24) is 4.57 Å². The molecule has 12 heavy (non-hydrogen) atoms. The number of nitrogens with zero attached hydrogens (tertiary/aromatic N) is 1. The lowest BCUT2D eigenvalue weighted by atomic mass is 10.3. The second-order valence-electron chi connectivity index (χ2n) is 2.61. The largest absolute Gasteiger partial charge is 0.307 e. The number of aryl methyl sites for hydroxylation is 1. The molecule has 0 bridgehead atoms. The highest BCUT2D eigenvalue weighted by atomic mass is 35.5. The minimum absolute atomic E-state index is 0.0544. The molecule has 1 rings (SSSR count). The fraction of sp³-hybridized carbons (Fsp3) is 0.375. The Kier molecular flexibility index (Phi) is 3.12. The Morgan fingerprint density at radius 2 is 2.50 bits per heavy atom. The summed E-state index contributed by atoms with van der Waals surface area (Å²) in [5.41, 5.74) is 1.83. The van der Waals surface area contributed by atoms with Gasteiger partial charge < -0.3 is 0 Å². The van der Waals surface area contributed by atoms with E-state index in [9.17, 15) is 4.79 Å². The molecular formula is C8H10ClNOS. The van der Waals surface area contributed by atoms with E-state index in [4.69, 9.17) is 11.6 Å². The third-order valence-electron chi connectivity index (χ3n) is 1.55. The number of hydrogen-bond donors (Lipinski definition) is 0. The van der Waals surface area contributed by atoms with E-state index in [2.05, 4.69) is 6.58 Å². The van der Waals surface area contributed by atoms with Crippen LogP contribution in [0.25, 0.3) is 0 Å². The van der Waals surface area contributed by atoms with Crippen LogP contribution in [0, 0.1) is 6.92 Å². The summed E-state index contributed by atoms with van der Waals surface area (Å²) in [4.78, 5) is 11.2. The quantitative estimate of drug-likeness (QED) is 0.544. The molecule has 1 heterocycles. The number of halogens is 1. The number of hydrogen-bond acceptors (Lipinski definition) is 2. The molecule has 0 aliphatic heterocycles. The van der Waals surface area contributed by atoms with Crippen LogP contribution in [0.5, 0.6) is 0 Å². The Hall–Kier alpha value is -0.540. The number of thiazole rings is 1. The minimum Gasteiger partial charge on any atom is -0.299 e. The Bertz CT molecular complexity index is 339. The molecule has 2 nitrogen and oxygen atoms in total. The average molecular weight is 204 g/mol. The van der Waals surface area contributed by atoms with Crippen LogP contribution in [-0.2, 0) is 6.54 Å². The van der Waals surface area contributed by atoms with E-state index in [1.54, 1.807) is 4.57 Å². The Morgan fingerprint density at radius 3 is 2.92 bits per heavy atom. The van der Waals surface area contributed by atoms with E-state index in [0.29, 0.717) is 12.4 Å². The maximum Gasteiger partial charge on any atom is 0.307 e. The van der Waals surface area contributed by atoms with Gasteiger partial charge >= 0.3 is 4.87 Å². The second-order valence-corrected chi connectivity index (χ2v) is 3.70. The van der Waals surface area contributed by atoms with Gasteiger partial charge in [-0.2, -0.15) is 0 Å². The SMILES string of the molecule is C=C(CCl)Cn1c(C)csc1=O. The van der Waals surface area contributed by atoms with Crippen LogP contribution in [0.3, 0.4) is 0 Å². The van der Waals surface area contributed by atoms with Crippen LogP contribution in [0.2, 0.25) is 0 Å². The number of alkyl halides is 1. The van der Waals surface area contributed by atoms with Gasteiger partial charge in [0.15, 0.2) is 0 Å². The Morgan fingerprint density at radius 1 is 1.83 bits per heavy atom. The maximum absolute atomic E-state index is 11.2. The second kappa shape index (κ2) is 3.92. The maximum atomic E-state index is 11.2. The Balaban J connectivity index is 2.88. The van der Waals surface area contributed by atoms with Crippen molar-refractivity contribution in [1.29, 1.82) is 0 Å². The zero-order chi connectivity index (χ0) is 9.14. The smallest absolute Gasteiger partial charge is 0.299 e. The standard InChI is InChI=1S/C8H10ClNOS/c1-6(3-9)4-10-7(2)5-12-8(10)11/h5H,1,3-4H2,2H3. The first-order valence-electron chi connectivity index (χ1n) is 3.52. The van der Waals surface area contributed by atoms with Gasteiger partial charge in [-0.15, -0.1) is 11.6 Å². The fourth-order valence-electron chi connectivity index (χ4n) is 0.862. The van der Waals surface area contributed by atoms with Crippen molar-refractivity contribution in [2.75, 3.05) is 5.88 Å². The minimum atomic E-state index is 0.0544. The van der Waals surface area contributed by atoms with E-state index >= 15 is 0 Å². The van der Waals surface area contributed by atoms with E-state index in [0.717, 1.165) is 11.3 Å². The van der Waals surface area contributed by atoms with Gasteiger partial charge in [0, 0.05) is 23.5 Å². The number of allylic oxidation sites excluding steroid dienone is 1. The van der Waals surface area contributed by atoms with Crippen molar-refractivity contribution in [3.05, 3.63) is 32.9 Å². The number of rotatable bonds is 3. The molecule has 0 aliphatic carbocycles. The first kappa shape index (κ1) is 9.55. The molecule has 0 radical (unpaired) electrons. The molecule has 4 heteroatoms. The highest BCUT2D eigenvalue weighted by Gasteiger charge is 2.02. The van der Waals surface area contributed by atoms with Gasteiger partial charge in [0.25, 0.3) is 0 Å². The van der Waals surface area contributed by atoms with Crippen molar-refractivity contribution in [2.45, 2.75) is 13.5 Å². The summed E-state index contributed by atoms with van der Waals surface area (Å²) in [5, 5.41) is 1.84. The Labute approximate surface area is 80.1 Å². The van der Waals surface area contributed by atoms with E-state index < -0.39 is 0 Å². The predicted molar refractivity (Wildman–Crippen MR) is 53.2 cm³/mol. The summed E-state index contributed by atoms with van der Waals surface area (Å²) in [6, 6.07) is 0. The highest BCUT2D eigenvalue weighted by molar-refractivity contribution is 7.07. The molecule has 0 unspecified atom stereocenters. The van der Waals surface area contributed by atoms with Crippen LogP contribution in [0.1, 0.15) is 5.69 Å². The van der Waals surface area contributed by atoms with Crippen LogP contribution < -0.4 is 4.87 Å². The fourth-order valence-corrected chi connectivity index (χ4v) is 1.68. The van der Waals surface area contributed by atoms with Gasteiger partial charge in [0.05, 0.1) is 0 Å². The summed E-state index contributed by atoms with van der Waals surface area (Å²) in [5.74, 6) is 0.404. The first-order chi connectivity index (χ1) is 5.65. The molecular weight excluding hydrogens is 194 g/mol. The van der Waals surface area contributed by atoms with Crippen LogP contribution >= 0.6 is 22.9 Å². The third-order valence-corrected chi connectivity index (χ3v) is 2.81. The molecule has 0 atom stereocenters. The molecule has 0 spiro atoms. The summed E-state index contributed by atoms with van der Waals surface area (Å²) >= 11 is 6.77. The summed E-state index contributed by atoms with van der Waals surface area (Å²) < 4.78 is 1.68. The number of aromatic nitrogens is 1. The van der Waals surface area contributed by atoms with Crippen molar-refractivity contribution in [3.8, 4) is 0 Å². The highest BCUT2D eigenvalue weighted by Crippen LogP contribution is 2.04. The molecule has 0 saturated heterocycles. The lowest BCUT2D eigenvalue weighted by Gasteiger charge is -2.03. The van der Waals surface area contributed by atoms with Gasteiger partial charge in [0.2, 0.25) is 0 Å². The molecule has 1 aromatic rings. The summed E-state index contributed by atoms with van der Waals surface area (Å²) in [6.07, 6.45) is 0. The van der Waals surface area contributed by atoms with Gasteiger partial charge in [-0.3, -0.25) is 9.36 Å². The van der Waals surface area contributed by atoms with E-state index in [1.165, 1.54) is 11.3 Å². The van der Waals surface area contributed by atoms with Gasteiger partial charge in [-0.1, -0.05) is 17.9 Å². The van der Waals surface area contributed by atoms with Crippen molar-refractivity contribution < 1.29 is 0 Å². The molecule has 0 aliphatic rings. The molecule has 1 aromatic heterocycles. The molecule has 0 N–H and O–H groups in total. The van der Waals surface area contributed by atoms with E-state index in [1.807, 2.05) is 12.3 Å². The average Bonchev–Trinajstić information content (AvgIpc) is 2.35. The van der Waals surface area contributed by atoms with Gasteiger partial charge in [-0.05, 0) is 12.5 Å². The van der Waals surface area contributed by atoms with Crippen LogP contribution in [0.4, 0.5) is 0 Å². The monoisotopic (exact) mass is 203 g/mol. The lowest BCUT2D eigenvalue weighted by molar-refractivity contribution is 0.746. The predicted octanol–water partition coefficient (Wildman–Crippen LogP) is 2.01. The molecule has 66 valence electrons. The molecule has 0 saturated carbocycles. The normalized spacial score (nSPS) is 10.2.